The van der Waals surface area contributed by atoms with Crippen molar-refractivity contribution in [3.8, 4) is 17.2 Å². The van der Waals surface area contributed by atoms with Gasteiger partial charge >= 0.3 is 6.03 Å². The van der Waals surface area contributed by atoms with Crippen molar-refractivity contribution in [1.82, 2.24) is 5.32 Å². The third-order valence-corrected chi connectivity index (χ3v) is 7.15. The maximum Gasteiger partial charge on any atom is 0.336 e. The van der Waals surface area contributed by atoms with Gasteiger partial charge in [-0.2, -0.15) is 0 Å². The van der Waals surface area contributed by atoms with Gasteiger partial charge in [-0.15, -0.1) is 0 Å². The first-order valence-electron chi connectivity index (χ1n) is 12.0. The number of halogens is 2. The molecule has 0 atom stereocenters. The summed E-state index contributed by atoms with van der Waals surface area (Å²) in [6.45, 7) is 0.258. The molecule has 1 N–H and O–H groups in total. The maximum atomic E-state index is 13.8. The summed E-state index contributed by atoms with van der Waals surface area (Å²) in [4.78, 5) is 40.5. The highest BCUT2D eigenvalue weighted by molar-refractivity contribution is 9.10. The third-order valence-electron chi connectivity index (χ3n) is 6.32. The molecule has 0 saturated carbocycles. The summed E-state index contributed by atoms with van der Waals surface area (Å²) >= 11 is 9.64. The van der Waals surface area contributed by atoms with Crippen LogP contribution in [0.5, 0.6) is 17.2 Å². The molecule has 1 heterocycles. The number of fused-ring (bicyclic) bond motifs is 1. The predicted octanol–water partition coefficient (Wildman–Crippen LogP) is 6.52. The van der Waals surface area contributed by atoms with Crippen LogP contribution in [0.15, 0.2) is 82.8 Å². The number of hydrogen-bond donors (Lipinski definition) is 1. The van der Waals surface area contributed by atoms with Crippen molar-refractivity contribution in [2.75, 3.05) is 19.1 Å². The van der Waals surface area contributed by atoms with E-state index in [4.69, 9.17) is 25.8 Å². The van der Waals surface area contributed by atoms with E-state index in [0.29, 0.717) is 11.3 Å². The molecule has 0 aliphatic carbocycles. The first-order valence-corrected chi connectivity index (χ1v) is 13.2. The standard InChI is InChI=1S/C30H22BrClN2O6/c1-38-26-15-24(27(39-2)14-23(26)32)34-29(36)22(28(35)33-30(34)37)13-21-20-6-4-3-5-18(20)9-12-25(21)40-16-17-7-10-19(31)11-8-17/h3-15H,16H2,1-2H3,(H,33,35,37)/b22-13+. The summed E-state index contributed by atoms with van der Waals surface area (Å²) in [6, 6.07) is 20.8. The number of methoxy groups -OCH3 is 2. The molecule has 0 spiro atoms. The first-order chi connectivity index (χ1) is 19.3. The highest BCUT2D eigenvalue weighted by atomic mass is 79.9. The van der Waals surface area contributed by atoms with Crippen molar-refractivity contribution in [1.29, 1.82) is 0 Å². The number of urea groups is 1. The van der Waals surface area contributed by atoms with E-state index in [0.717, 1.165) is 25.7 Å². The zero-order valence-corrected chi connectivity index (χ0v) is 23.7. The smallest absolute Gasteiger partial charge is 0.336 e. The van der Waals surface area contributed by atoms with Crippen LogP contribution in [0.1, 0.15) is 11.1 Å². The summed E-state index contributed by atoms with van der Waals surface area (Å²) < 4.78 is 17.7. The van der Waals surface area contributed by atoms with Gasteiger partial charge in [-0.25, -0.2) is 9.69 Å². The number of benzene rings is 4. The Bertz CT molecular complexity index is 1690. The number of ether oxygens (including phenoxy) is 3. The fraction of sp³-hybridized carbons (Fsp3) is 0.100. The molecular weight excluding hydrogens is 600 g/mol. The van der Waals surface area contributed by atoms with E-state index < -0.39 is 17.8 Å². The second-order valence-electron chi connectivity index (χ2n) is 8.73. The van der Waals surface area contributed by atoms with Gasteiger partial charge < -0.3 is 14.2 Å². The van der Waals surface area contributed by atoms with E-state index in [1.807, 2.05) is 54.6 Å². The van der Waals surface area contributed by atoms with E-state index >= 15 is 0 Å². The number of anilines is 1. The van der Waals surface area contributed by atoms with Gasteiger partial charge in [0.15, 0.2) is 0 Å². The Hall–Kier alpha value is -4.34. The van der Waals surface area contributed by atoms with Crippen molar-refractivity contribution in [3.05, 3.63) is 99.0 Å². The molecule has 1 fully saturated rings. The molecule has 5 rings (SSSR count). The van der Waals surface area contributed by atoms with Crippen LogP contribution in [0.2, 0.25) is 5.02 Å². The second-order valence-corrected chi connectivity index (χ2v) is 10.1. The van der Waals surface area contributed by atoms with Crippen molar-refractivity contribution in [2.45, 2.75) is 6.61 Å². The van der Waals surface area contributed by atoms with E-state index in [-0.39, 0.29) is 34.4 Å². The number of carbonyl (C=O) groups is 3. The van der Waals surface area contributed by atoms with Gasteiger partial charge in [-0.3, -0.25) is 14.9 Å². The topological polar surface area (TPSA) is 94.2 Å². The van der Waals surface area contributed by atoms with Crippen LogP contribution in [-0.4, -0.2) is 32.1 Å². The normalized spacial score (nSPS) is 14.4. The van der Waals surface area contributed by atoms with Gasteiger partial charge in [0.2, 0.25) is 0 Å². The lowest BCUT2D eigenvalue weighted by molar-refractivity contribution is -0.122. The zero-order valence-electron chi connectivity index (χ0n) is 21.4. The lowest BCUT2D eigenvalue weighted by Crippen LogP contribution is -2.54. The number of carbonyl (C=O) groups excluding carboxylic acids is 3. The van der Waals surface area contributed by atoms with Gasteiger partial charge in [0.25, 0.3) is 11.8 Å². The summed E-state index contributed by atoms with van der Waals surface area (Å²) in [5, 5.41) is 4.11. The van der Waals surface area contributed by atoms with Crippen LogP contribution in [0, 0.1) is 0 Å². The lowest BCUT2D eigenvalue weighted by atomic mass is 9.99. The Kier molecular flexibility index (Phi) is 7.77. The SMILES string of the molecule is COc1cc(N2C(=O)NC(=O)/C(=C\c3c(OCc4ccc(Br)cc4)ccc4ccccc34)C2=O)c(OC)cc1Cl. The minimum absolute atomic E-state index is 0.0641. The van der Waals surface area contributed by atoms with E-state index in [1.54, 1.807) is 6.07 Å². The van der Waals surface area contributed by atoms with Crippen molar-refractivity contribution in [2.24, 2.45) is 0 Å². The molecule has 4 amide bonds. The van der Waals surface area contributed by atoms with Crippen LogP contribution in [0.4, 0.5) is 10.5 Å². The Morgan fingerprint density at radius 3 is 2.35 bits per heavy atom. The van der Waals surface area contributed by atoms with Gasteiger partial charge in [-0.05, 0) is 40.6 Å². The molecule has 0 aromatic heterocycles. The largest absolute Gasteiger partial charge is 0.495 e. The molecule has 0 radical (unpaired) electrons. The number of amides is 4. The zero-order chi connectivity index (χ0) is 28.4. The molecule has 1 saturated heterocycles. The van der Waals surface area contributed by atoms with Gasteiger partial charge in [0.1, 0.15) is 29.4 Å². The fourth-order valence-corrected chi connectivity index (χ4v) is 4.83. The average Bonchev–Trinajstić information content (AvgIpc) is 2.95. The highest BCUT2D eigenvalue weighted by Gasteiger charge is 2.39. The van der Waals surface area contributed by atoms with Gasteiger partial charge in [-0.1, -0.05) is 70.0 Å². The molecule has 202 valence electrons. The summed E-state index contributed by atoms with van der Waals surface area (Å²) in [6.07, 6.45) is 1.44. The minimum Gasteiger partial charge on any atom is -0.495 e. The molecule has 8 nitrogen and oxygen atoms in total. The molecule has 1 aliphatic rings. The molecule has 0 bridgehead atoms. The van der Waals surface area contributed by atoms with E-state index in [2.05, 4.69) is 21.2 Å². The Morgan fingerprint density at radius 1 is 0.900 bits per heavy atom. The number of nitrogens with one attached hydrogen (secondary N) is 1. The number of hydrogen-bond acceptors (Lipinski definition) is 6. The third kappa shape index (κ3) is 5.25. The number of rotatable bonds is 7. The van der Waals surface area contributed by atoms with Crippen molar-refractivity contribution in [3.63, 3.8) is 0 Å². The predicted molar refractivity (Wildman–Crippen MR) is 156 cm³/mol. The number of nitrogens with zero attached hydrogens (tertiary/aromatic N) is 1. The minimum atomic E-state index is -0.931. The average molecular weight is 622 g/mol. The fourth-order valence-electron chi connectivity index (χ4n) is 4.33. The van der Waals surface area contributed by atoms with Gasteiger partial charge in [0.05, 0.1) is 24.9 Å². The first kappa shape index (κ1) is 27.2. The molecule has 1 aliphatic heterocycles. The quantitative estimate of drug-likeness (QED) is 0.187. The van der Waals surface area contributed by atoms with Crippen LogP contribution in [0.3, 0.4) is 0 Å². The monoisotopic (exact) mass is 620 g/mol. The Labute approximate surface area is 243 Å². The maximum absolute atomic E-state index is 13.8. The summed E-state index contributed by atoms with van der Waals surface area (Å²) in [5.74, 6) is -0.852. The van der Waals surface area contributed by atoms with Crippen LogP contribution < -0.4 is 24.4 Å². The molecule has 4 aromatic carbocycles. The van der Waals surface area contributed by atoms with Crippen LogP contribution in [-0.2, 0) is 16.2 Å². The Morgan fingerprint density at radius 2 is 1.62 bits per heavy atom. The Balaban J connectivity index is 1.60. The number of imide groups is 2. The molecular formula is C30H22BrClN2O6. The molecule has 4 aromatic rings. The van der Waals surface area contributed by atoms with E-state index in [1.165, 1.54) is 32.4 Å². The van der Waals surface area contributed by atoms with Crippen molar-refractivity contribution < 1.29 is 28.6 Å². The second kappa shape index (κ2) is 11.4. The van der Waals surface area contributed by atoms with Crippen LogP contribution in [0.25, 0.3) is 16.8 Å². The lowest BCUT2D eigenvalue weighted by Gasteiger charge is -2.28. The van der Waals surface area contributed by atoms with Crippen LogP contribution >= 0.6 is 27.5 Å². The molecule has 10 heteroatoms. The summed E-state index contributed by atoms with van der Waals surface area (Å²) in [5.41, 5.74) is 1.25. The van der Waals surface area contributed by atoms with Crippen molar-refractivity contribution >= 4 is 67.9 Å². The molecule has 0 unspecified atom stereocenters. The highest BCUT2D eigenvalue weighted by Crippen LogP contribution is 2.40. The number of barbiturate groups is 1. The summed E-state index contributed by atoms with van der Waals surface area (Å²) in [7, 11) is 2.78. The van der Waals surface area contributed by atoms with Gasteiger partial charge in [0, 0.05) is 22.2 Å². The van der Waals surface area contributed by atoms with E-state index in [9.17, 15) is 14.4 Å². The molecule has 40 heavy (non-hydrogen) atoms.